The minimum atomic E-state index is -0.682. The van der Waals surface area contributed by atoms with E-state index in [2.05, 4.69) is 64.7 Å². The number of aryl methyl sites for hydroxylation is 1. The van der Waals surface area contributed by atoms with Crippen LogP contribution < -0.4 is 0 Å². The molecule has 1 unspecified atom stereocenters. The molecule has 4 aromatic rings. The van der Waals surface area contributed by atoms with Crippen LogP contribution in [0.3, 0.4) is 0 Å². The van der Waals surface area contributed by atoms with Crippen molar-refractivity contribution in [2.24, 2.45) is 0 Å². The lowest BCUT2D eigenvalue weighted by atomic mass is 9.76. The first kappa shape index (κ1) is 18.6. The van der Waals surface area contributed by atoms with Crippen LogP contribution in [-0.2, 0) is 18.4 Å². The van der Waals surface area contributed by atoms with Crippen LogP contribution in [0.4, 0.5) is 0 Å². The first-order valence-electron chi connectivity index (χ1n) is 9.73. The van der Waals surface area contributed by atoms with E-state index < -0.39 is 5.41 Å². The van der Waals surface area contributed by atoms with Gasteiger partial charge in [-0.2, -0.15) is 10.4 Å². The Bertz CT molecular complexity index is 1070. The highest BCUT2D eigenvalue weighted by molar-refractivity contribution is 5.63. The van der Waals surface area contributed by atoms with E-state index >= 15 is 0 Å². The summed E-state index contributed by atoms with van der Waals surface area (Å²) >= 11 is 0. The maximum absolute atomic E-state index is 10.3. The number of hydrogen-bond donors (Lipinski definition) is 0. The molecule has 0 aliphatic rings. The zero-order valence-corrected chi connectivity index (χ0v) is 16.1. The van der Waals surface area contributed by atoms with Crippen LogP contribution in [0.2, 0.25) is 0 Å². The van der Waals surface area contributed by atoms with Crippen molar-refractivity contribution < 1.29 is 0 Å². The van der Waals surface area contributed by atoms with Crippen LogP contribution in [-0.4, -0.2) is 14.8 Å². The zero-order chi connectivity index (χ0) is 19.9. The summed E-state index contributed by atoms with van der Waals surface area (Å²) in [4.78, 5) is 4.05. The summed E-state index contributed by atoms with van der Waals surface area (Å²) in [6.45, 7) is 0.473. The monoisotopic (exact) mass is 378 g/mol. The molecule has 0 radical (unpaired) electrons. The van der Waals surface area contributed by atoms with E-state index in [1.807, 2.05) is 36.4 Å². The molecule has 0 fully saturated rings. The van der Waals surface area contributed by atoms with E-state index in [-0.39, 0.29) is 0 Å². The second-order valence-electron chi connectivity index (χ2n) is 7.22. The molecule has 3 aromatic carbocycles. The fraction of sp³-hybridized carbons (Fsp3) is 0.160. The molecule has 0 N–H and O–H groups in total. The number of benzene rings is 3. The molecule has 0 aliphatic carbocycles. The molecule has 0 saturated heterocycles. The first-order valence-corrected chi connectivity index (χ1v) is 9.73. The number of nitrogens with zero attached hydrogens (tertiary/aromatic N) is 4. The molecular weight excluding hydrogens is 356 g/mol. The van der Waals surface area contributed by atoms with Gasteiger partial charge in [0.1, 0.15) is 18.1 Å². The molecule has 29 heavy (non-hydrogen) atoms. The minimum Gasteiger partial charge on any atom is -0.251 e. The summed E-state index contributed by atoms with van der Waals surface area (Å²) in [7, 11) is 0. The van der Waals surface area contributed by atoms with Crippen molar-refractivity contribution in [3.05, 3.63) is 109 Å². The minimum absolute atomic E-state index is 0.473. The van der Waals surface area contributed by atoms with Crippen LogP contribution >= 0.6 is 0 Å². The van der Waals surface area contributed by atoms with Crippen LogP contribution in [0.5, 0.6) is 0 Å². The lowest BCUT2D eigenvalue weighted by molar-refractivity contribution is 0.402. The highest BCUT2D eigenvalue weighted by Gasteiger charge is 2.33. The van der Waals surface area contributed by atoms with E-state index in [9.17, 15) is 5.26 Å². The number of hydrogen-bond acceptors (Lipinski definition) is 3. The van der Waals surface area contributed by atoms with Gasteiger partial charge in [0.05, 0.1) is 12.6 Å². The third kappa shape index (κ3) is 4.25. The molecule has 1 heterocycles. The largest absolute Gasteiger partial charge is 0.251 e. The number of nitriles is 1. The molecule has 4 nitrogen and oxygen atoms in total. The summed E-state index contributed by atoms with van der Waals surface area (Å²) in [5.74, 6) is 0. The second-order valence-corrected chi connectivity index (χ2v) is 7.22. The maximum atomic E-state index is 10.3. The van der Waals surface area contributed by atoms with E-state index in [0.29, 0.717) is 13.0 Å². The number of aromatic nitrogens is 3. The quantitative estimate of drug-likeness (QED) is 0.453. The molecule has 4 rings (SSSR count). The Balaban J connectivity index is 1.66. The molecule has 0 spiro atoms. The Labute approximate surface area is 171 Å². The second kappa shape index (κ2) is 8.53. The molecule has 4 heteroatoms. The van der Waals surface area contributed by atoms with Gasteiger partial charge in [-0.3, -0.25) is 4.68 Å². The van der Waals surface area contributed by atoms with Gasteiger partial charge in [0.2, 0.25) is 0 Å². The van der Waals surface area contributed by atoms with E-state index in [4.69, 9.17) is 0 Å². The van der Waals surface area contributed by atoms with Crippen molar-refractivity contribution in [3.8, 4) is 17.2 Å². The van der Waals surface area contributed by atoms with Crippen molar-refractivity contribution in [2.45, 2.75) is 24.8 Å². The summed E-state index contributed by atoms with van der Waals surface area (Å²) in [5.41, 5.74) is 3.86. The third-order valence-electron chi connectivity index (χ3n) is 5.34. The predicted octanol–water partition coefficient (Wildman–Crippen LogP) is 5.04. The van der Waals surface area contributed by atoms with Gasteiger partial charge < -0.3 is 0 Å². The van der Waals surface area contributed by atoms with Crippen LogP contribution in [0, 0.1) is 11.3 Å². The summed E-state index contributed by atoms with van der Waals surface area (Å²) in [6.07, 6.45) is 4.71. The molecule has 0 amide bonds. The Morgan fingerprint density at radius 1 is 0.828 bits per heavy atom. The van der Waals surface area contributed by atoms with Crippen molar-refractivity contribution in [1.82, 2.24) is 14.8 Å². The van der Waals surface area contributed by atoms with Crippen molar-refractivity contribution in [2.75, 3.05) is 0 Å². The van der Waals surface area contributed by atoms with Gasteiger partial charge in [-0.1, -0.05) is 84.9 Å². The lowest BCUT2D eigenvalue weighted by Gasteiger charge is -2.27. The molecule has 0 aliphatic heterocycles. The molecule has 1 atom stereocenters. The molecule has 1 aromatic heterocycles. The van der Waals surface area contributed by atoms with Crippen molar-refractivity contribution in [1.29, 1.82) is 5.26 Å². The average Bonchev–Trinajstić information content (AvgIpc) is 3.31. The molecule has 0 bridgehead atoms. The topological polar surface area (TPSA) is 54.5 Å². The summed E-state index contributed by atoms with van der Waals surface area (Å²) in [5, 5.41) is 14.5. The fourth-order valence-corrected chi connectivity index (χ4v) is 3.68. The van der Waals surface area contributed by atoms with E-state index in [1.54, 1.807) is 11.0 Å². The SMILES string of the molecule is N#CC(CCc1ccccc1)(Cn1cncn1)c1ccc(-c2ccccc2)cc1. The Morgan fingerprint density at radius 3 is 2.10 bits per heavy atom. The zero-order valence-electron chi connectivity index (χ0n) is 16.1. The van der Waals surface area contributed by atoms with Crippen LogP contribution in [0.25, 0.3) is 11.1 Å². The number of rotatable bonds is 7. The molecule has 0 saturated carbocycles. The normalized spacial score (nSPS) is 12.8. The van der Waals surface area contributed by atoms with E-state index in [1.165, 1.54) is 17.5 Å². The predicted molar refractivity (Wildman–Crippen MR) is 114 cm³/mol. The summed E-state index contributed by atoms with van der Waals surface area (Å²) in [6, 6.07) is 31.5. The maximum Gasteiger partial charge on any atom is 0.137 e. The molecule has 142 valence electrons. The van der Waals surface area contributed by atoms with Gasteiger partial charge in [0.25, 0.3) is 0 Å². The average molecular weight is 378 g/mol. The van der Waals surface area contributed by atoms with Gasteiger partial charge in [0.15, 0.2) is 0 Å². The van der Waals surface area contributed by atoms with Crippen molar-refractivity contribution in [3.63, 3.8) is 0 Å². The smallest absolute Gasteiger partial charge is 0.137 e. The van der Waals surface area contributed by atoms with Gasteiger partial charge in [-0.05, 0) is 35.1 Å². The highest BCUT2D eigenvalue weighted by atomic mass is 15.3. The van der Waals surface area contributed by atoms with Gasteiger partial charge >= 0.3 is 0 Å². The highest BCUT2D eigenvalue weighted by Crippen LogP contribution is 2.32. The standard InChI is InChI=1S/C25H22N4/c26-17-25(18-29-20-27-19-28-29,16-15-21-7-3-1-4-8-21)24-13-11-23(12-14-24)22-9-5-2-6-10-22/h1-14,19-20H,15-16,18H2. The van der Waals surface area contributed by atoms with E-state index in [0.717, 1.165) is 17.5 Å². The fourth-order valence-electron chi connectivity index (χ4n) is 3.68. The van der Waals surface area contributed by atoms with Crippen LogP contribution in [0.1, 0.15) is 17.5 Å². The molecular formula is C25H22N4. The van der Waals surface area contributed by atoms with Crippen LogP contribution in [0.15, 0.2) is 97.6 Å². The lowest BCUT2D eigenvalue weighted by Crippen LogP contribution is -2.31. The third-order valence-corrected chi connectivity index (χ3v) is 5.34. The van der Waals surface area contributed by atoms with Gasteiger partial charge in [-0.15, -0.1) is 0 Å². The summed E-state index contributed by atoms with van der Waals surface area (Å²) < 4.78 is 1.75. The van der Waals surface area contributed by atoms with Crippen molar-refractivity contribution >= 4 is 0 Å². The Hall–Kier alpha value is -3.71. The Kier molecular flexibility index (Phi) is 5.49. The Morgan fingerprint density at radius 2 is 1.48 bits per heavy atom. The van der Waals surface area contributed by atoms with Gasteiger partial charge in [-0.25, -0.2) is 4.98 Å². The first-order chi connectivity index (χ1) is 14.3. The van der Waals surface area contributed by atoms with Gasteiger partial charge in [0, 0.05) is 0 Å².